The normalized spacial score (nSPS) is 17.1. The van der Waals surface area contributed by atoms with Gasteiger partial charge in [-0.1, -0.05) is 23.2 Å². The summed E-state index contributed by atoms with van der Waals surface area (Å²) in [4.78, 5) is 23.5. The van der Waals surface area contributed by atoms with Crippen LogP contribution < -0.4 is 5.32 Å². The molecule has 21 heavy (non-hydrogen) atoms. The maximum atomic E-state index is 11.7. The Bertz CT molecular complexity index is 613. The Kier molecular flexibility index (Phi) is 4.51. The number of cyclic esters (lactones) is 2. The lowest BCUT2D eigenvalue weighted by Crippen LogP contribution is -2.42. The van der Waals surface area contributed by atoms with Gasteiger partial charge in [-0.2, -0.15) is 0 Å². The van der Waals surface area contributed by atoms with Crippen LogP contribution in [0.3, 0.4) is 0 Å². The maximum Gasteiger partial charge on any atom is 0.350 e. The molecule has 1 heterocycles. The fraction of sp³-hybridized carbons (Fsp3) is 0.231. The van der Waals surface area contributed by atoms with E-state index in [2.05, 4.69) is 21.2 Å². The van der Waals surface area contributed by atoms with E-state index in [-0.39, 0.29) is 5.57 Å². The first-order chi connectivity index (χ1) is 9.69. The van der Waals surface area contributed by atoms with Crippen molar-refractivity contribution in [2.24, 2.45) is 0 Å². The quantitative estimate of drug-likeness (QED) is 0.357. The van der Waals surface area contributed by atoms with Gasteiger partial charge in [0.25, 0.3) is 5.79 Å². The summed E-state index contributed by atoms with van der Waals surface area (Å²) >= 11 is 15.1. The average Bonchev–Trinajstić information content (AvgIpc) is 2.33. The van der Waals surface area contributed by atoms with Crippen molar-refractivity contribution in [1.29, 1.82) is 0 Å². The van der Waals surface area contributed by atoms with Crippen molar-refractivity contribution in [2.75, 3.05) is 5.32 Å². The van der Waals surface area contributed by atoms with Gasteiger partial charge in [0.1, 0.15) is 0 Å². The first-order valence-electron chi connectivity index (χ1n) is 5.77. The van der Waals surface area contributed by atoms with Crippen LogP contribution in [0.1, 0.15) is 13.8 Å². The van der Waals surface area contributed by atoms with E-state index in [0.717, 1.165) is 0 Å². The number of rotatable bonds is 2. The first kappa shape index (κ1) is 16.1. The van der Waals surface area contributed by atoms with Crippen LogP contribution >= 0.6 is 39.1 Å². The second-order valence-electron chi connectivity index (χ2n) is 4.64. The zero-order valence-corrected chi connectivity index (χ0v) is 14.1. The predicted octanol–water partition coefficient (Wildman–Crippen LogP) is 3.89. The minimum atomic E-state index is -1.27. The number of nitrogens with one attached hydrogen (secondary N) is 1. The molecule has 2 rings (SSSR count). The molecule has 1 aliphatic heterocycles. The molecule has 1 N–H and O–H groups in total. The highest BCUT2D eigenvalue weighted by atomic mass is 79.9. The van der Waals surface area contributed by atoms with Crippen molar-refractivity contribution >= 4 is 56.8 Å². The number of hydrogen-bond donors (Lipinski definition) is 1. The first-order valence-corrected chi connectivity index (χ1v) is 7.32. The predicted molar refractivity (Wildman–Crippen MR) is 82.1 cm³/mol. The average molecular weight is 395 g/mol. The number of halogens is 3. The Labute approximate surface area is 139 Å². The third kappa shape index (κ3) is 3.70. The van der Waals surface area contributed by atoms with E-state index in [4.69, 9.17) is 32.7 Å². The molecular weight excluding hydrogens is 385 g/mol. The molecule has 1 aromatic carbocycles. The van der Waals surface area contributed by atoms with Gasteiger partial charge in [0.15, 0.2) is 5.57 Å². The van der Waals surface area contributed by atoms with E-state index in [9.17, 15) is 9.59 Å². The van der Waals surface area contributed by atoms with E-state index >= 15 is 0 Å². The molecule has 0 aromatic heterocycles. The fourth-order valence-electron chi connectivity index (χ4n) is 1.57. The van der Waals surface area contributed by atoms with Gasteiger partial charge in [-0.3, -0.25) is 0 Å². The highest BCUT2D eigenvalue weighted by Crippen LogP contribution is 2.33. The van der Waals surface area contributed by atoms with Crippen LogP contribution in [0.4, 0.5) is 5.69 Å². The molecule has 1 saturated heterocycles. The van der Waals surface area contributed by atoms with Gasteiger partial charge in [-0.25, -0.2) is 9.59 Å². The zero-order chi connectivity index (χ0) is 15.8. The molecule has 112 valence electrons. The molecule has 0 unspecified atom stereocenters. The van der Waals surface area contributed by atoms with Gasteiger partial charge in [0, 0.05) is 30.2 Å². The molecule has 0 aliphatic carbocycles. The lowest BCUT2D eigenvalue weighted by atomic mass is 10.2. The second kappa shape index (κ2) is 5.87. The van der Waals surface area contributed by atoms with E-state index < -0.39 is 17.7 Å². The van der Waals surface area contributed by atoms with E-state index in [1.54, 1.807) is 12.1 Å². The Morgan fingerprint density at radius 2 is 1.76 bits per heavy atom. The summed E-state index contributed by atoms with van der Waals surface area (Å²) in [6.07, 6.45) is 1.20. The number of anilines is 1. The second-order valence-corrected chi connectivity index (χ2v) is 6.27. The minimum absolute atomic E-state index is 0.239. The topological polar surface area (TPSA) is 64.6 Å². The number of carbonyl (C=O) groups is 2. The summed E-state index contributed by atoms with van der Waals surface area (Å²) < 4.78 is 10.5. The van der Waals surface area contributed by atoms with Crippen LogP contribution in [0.15, 0.2) is 28.4 Å². The number of carbonyl (C=O) groups excluding carboxylic acids is 2. The van der Waals surface area contributed by atoms with E-state index in [1.165, 1.54) is 20.0 Å². The van der Waals surface area contributed by atoms with E-state index in [0.29, 0.717) is 20.2 Å². The Balaban J connectivity index is 2.22. The van der Waals surface area contributed by atoms with Crippen LogP contribution in [-0.2, 0) is 19.1 Å². The monoisotopic (exact) mass is 393 g/mol. The molecule has 0 amide bonds. The number of esters is 2. The molecule has 1 aromatic rings. The van der Waals surface area contributed by atoms with E-state index in [1.807, 2.05) is 0 Å². The lowest BCUT2D eigenvalue weighted by Gasteiger charge is -2.29. The highest BCUT2D eigenvalue weighted by Gasteiger charge is 2.38. The number of ether oxygens (including phenoxy) is 2. The van der Waals surface area contributed by atoms with Crippen LogP contribution in [-0.4, -0.2) is 17.7 Å². The van der Waals surface area contributed by atoms with Gasteiger partial charge in [-0.15, -0.1) is 0 Å². The summed E-state index contributed by atoms with van der Waals surface area (Å²) in [5, 5.41) is 3.46. The molecule has 0 bridgehead atoms. The summed E-state index contributed by atoms with van der Waals surface area (Å²) in [6, 6.07) is 3.20. The summed E-state index contributed by atoms with van der Waals surface area (Å²) in [6.45, 7) is 2.95. The van der Waals surface area contributed by atoms with Crippen molar-refractivity contribution in [2.45, 2.75) is 19.6 Å². The molecule has 0 saturated carbocycles. The molecule has 8 heteroatoms. The Hall–Kier alpha value is -1.24. The maximum absolute atomic E-state index is 11.7. The van der Waals surface area contributed by atoms with Crippen LogP contribution in [0.25, 0.3) is 0 Å². The van der Waals surface area contributed by atoms with Crippen molar-refractivity contribution in [3.8, 4) is 0 Å². The summed E-state index contributed by atoms with van der Waals surface area (Å²) in [5.74, 6) is -2.79. The molecule has 1 fully saturated rings. The smallest absolute Gasteiger partial charge is 0.350 e. The third-order valence-electron chi connectivity index (χ3n) is 2.48. The molecule has 1 aliphatic rings. The zero-order valence-electron chi connectivity index (χ0n) is 11.0. The van der Waals surface area contributed by atoms with Gasteiger partial charge in [0.2, 0.25) is 0 Å². The highest BCUT2D eigenvalue weighted by molar-refractivity contribution is 9.10. The van der Waals surface area contributed by atoms with Gasteiger partial charge in [-0.05, 0) is 28.1 Å². The summed E-state index contributed by atoms with van der Waals surface area (Å²) in [7, 11) is 0. The third-order valence-corrected chi connectivity index (χ3v) is 4.14. The number of benzene rings is 1. The van der Waals surface area contributed by atoms with Crippen molar-refractivity contribution < 1.29 is 19.1 Å². The van der Waals surface area contributed by atoms with Gasteiger partial charge >= 0.3 is 11.9 Å². The molecule has 0 spiro atoms. The standard InChI is InChI=1S/C13H10BrCl2NO4/c1-13(2)20-11(18)7(12(19)21-13)5-17-6-3-8(14)10(16)9(15)4-6/h3-5,17H,1-2H3. The summed E-state index contributed by atoms with van der Waals surface area (Å²) in [5.41, 5.74) is 0.297. The fourth-order valence-corrected chi connectivity index (χ4v) is 2.48. The number of hydrogen-bond acceptors (Lipinski definition) is 5. The van der Waals surface area contributed by atoms with Crippen molar-refractivity contribution in [3.63, 3.8) is 0 Å². The molecule has 0 radical (unpaired) electrons. The molecule has 5 nitrogen and oxygen atoms in total. The Morgan fingerprint density at radius 3 is 2.29 bits per heavy atom. The van der Waals surface area contributed by atoms with Gasteiger partial charge in [0.05, 0.1) is 10.0 Å². The van der Waals surface area contributed by atoms with Crippen molar-refractivity contribution in [3.05, 3.63) is 38.4 Å². The largest absolute Gasteiger partial charge is 0.419 e. The van der Waals surface area contributed by atoms with Crippen LogP contribution in [0.2, 0.25) is 10.0 Å². The SMILES string of the molecule is CC1(C)OC(=O)C(=CNc2cc(Cl)c(Cl)c(Br)c2)C(=O)O1. The molecule has 0 atom stereocenters. The van der Waals surface area contributed by atoms with Crippen LogP contribution in [0.5, 0.6) is 0 Å². The lowest BCUT2D eigenvalue weighted by molar-refractivity contribution is -0.222. The minimum Gasteiger partial charge on any atom is -0.419 e. The van der Waals surface area contributed by atoms with Gasteiger partial charge < -0.3 is 14.8 Å². The Morgan fingerprint density at radius 1 is 1.19 bits per heavy atom. The molecular formula is C13H10BrCl2NO4. The van der Waals surface area contributed by atoms with Crippen LogP contribution in [0, 0.1) is 0 Å². The van der Waals surface area contributed by atoms with Crippen molar-refractivity contribution in [1.82, 2.24) is 0 Å².